The maximum atomic E-state index is 13.4. The molecule has 1 aromatic carbocycles. The quantitative estimate of drug-likeness (QED) is 0.111. The number of ether oxygens (including phenoxy) is 1. The maximum Gasteiger partial charge on any atom is 0.407 e. The Morgan fingerprint density at radius 1 is 1.06 bits per heavy atom. The summed E-state index contributed by atoms with van der Waals surface area (Å²) in [5, 5.41) is 16.4. The molecule has 2 atom stereocenters. The van der Waals surface area contributed by atoms with Gasteiger partial charge in [0.1, 0.15) is 11.0 Å². The van der Waals surface area contributed by atoms with Crippen molar-refractivity contribution in [3.05, 3.63) is 89.2 Å². The number of aromatic nitrogens is 4. The number of alkyl halides is 3. The topological polar surface area (TPSA) is 169 Å². The van der Waals surface area contributed by atoms with Gasteiger partial charge in [-0.1, -0.05) is 48.0 Å². The fourth-order valence-corrected chi connectivity index (χ4v) is 7.96. The fraction of sp³-hybridized carbons (Fsp3) is 0.417. The van der Waals surface area contributed by atoms with Crippen molar-refractivity contribution in [2.75, 3.05) is 18.5 Å². The Kier molecular flexibility index (Phi) is 10.8. The summed E-state index contributed by atoms with van der Waals surface area (Å²) < 4.78 is 74.9. The van der Waals surface area contributed by atoms with Crippen molar-refractivity contribution in [3.8, 4) is 11.7 Å². The van der Waals surface area contributed by atoms with Crippen LogP contribution in [0.15, 0.2) is 78.0 Å². The van der Waals surface area contributed by atoms with Crippen LogP contribution >= 0.6 is 11.6 Å². The summed E-state index contributed by atoms with van der Waals surface area (Å²) in [4.78, 5) is 34.8. The summed E-state index contributed by atoms with van der Waals surface area (Å²) in [7, 11) is -4.49. The second kappa shape index (κ2) is 15.1. The second-order valence-electron chi connectivity index (χ2n) is 14.2. The summed E-state index contributed by atoms with van der Waals surface area (Å²) in [6.07, 6.45) is -1.77. The van der Waals surface area contributed by atoms with Gasteiger partial charge in [0.2, 0.25) is 5.88 Å². The Morgan fingerprint density at radius 2 is 1.80 bits per heavy atom. The van der Waals surface area contributed by atoms with E-state index in [1.54, 1.807) is 6.07 Å². The van der Waals surface area contributed by atoms with Crippen molar-refractivity contribution in [3.63, 3.8) is 0 Å². The van der Waals surface area contributed by atoms with Crippen LogP contribution in [0.3, 0.4) is 0 Å². The molecule has 4 aromatic rings. The number of amides is 2. The molecule has 2 amide bonds. The zero-order valence-electron chi connectivity index (χ0n) is 29.4. The van der Waals surface area contributed by atoms with Crippen molar-refractivity contribution in [1.82, 2.24) is 29.4 Å². The maximum absolute atomic E-state index is 13.4. The average molecular weight is 790 g/mol. The van der Waals surface area contributed by atoms with E-state index >= 15 is 0 Å². The Hall–Kier alpha value is -4.90. The van der Waals surface area contributed by atoms with E-state index in [1.807, 2.05) is 48.9 Å². The van der Waals surface area contributed by atoms with Gasteiger partial charge in [-0.05, 0) is 88.1 Å². The summed E-state index contributed by atoms with van der Waals surface area (Å²) in [5.41, 5.74) is -1.48. The van der Waals surface area contributed by atoms with Crippen molar-refractivity contribution >= 4 is 39.4 Å². The van der Waals surface area contributed by atoms with Crippen molar-refractivity contribution in [1.29, 1.82) is 0 Å². The SMILES string of the molecule is CC1(C)CC(CCC(Nc2cccc(S(=O)(=O)NC(=O)c3ccc(-n4ccc(OCCC5(C(F)(F)F)CC5)n4)nc3Cl)n2)c2ccccc2)CN1C(=O)O. The number of nitrogens with zero attached hydrogens (tertiary/aromatic N) is 5. The van der Waals surface area contributed by atoms with Gasteiger partial charge in [0.25, 0.3) is 15.9 Å². The summed E-state index contributed by atoms with van der Waals surface area (Å²) in [5.74, 6) is -0.452. The van der Waals surface area contributed by atoms with Gasteiger partial charge in [-0.25, -0.2) is 24.2 Å². The first-order chi connectivity index (χ1) is 25.5. The molecule has 2 aliphatic rings. The van der Waals surface area contributed by atoms with E-state index in [4.69, 9.17) is 16.3 Å². The Morgan fingerprint density at radius 3 is 2.44 bits per heavy atom. The second-order valence-corrected chi connectivity index (χ2v) is 16.2. The number of rotatable bonds is 14. The highest BCUT2D eigenvalue weighted by Gasteiger charge is 2.62. The number of likely N-dealkylation sites (tertiary alicyclic amines) is 1. The molecule has 6 rings (SSSR count). The molecule has 0 radical (unpaired) electrons. The van der Waals surface area contributed by atoms with Crippen LogP contribution in [0.5, 0.6) is 5.88 Å². The molecule has 13 nitrogen and oxygen atoms in total. The van der Waals surface area contributed by atoms with Gasteiger partial charge in [0.15, 0.2) is 10.8 Å². The monoisotopic (exact) mass is 789 g/mol. The third-order valence-corrected chi connectivity index (χ3v) is 11.5. The highest BCUT2D eigenvalue weighted by atomic mass is 35.5. The first kappa shape index (κ1) is 38.8. The Labute approximate surface area is 314 Å². The van der Waals surface area contributed by atoms with Crippen LogP contribution in [0.1, 0.15) is 74.3 Å². The number of sulfonamides is 1. The molecule has 3 aromatic heterocycles. The molecule has 288 valence electrons. The molecule has 4 heterocycles. The van der Waals surface area contributed by atoms with Gasteiger partial charge in [-0.2, -0.15) is 21.6 Å². The number of halogens is 4. The molecule has 2 fully saturated rings. The van der Waals surface area contributed by atoms with Crippen molar-refractivity contribution in [2.24, 2.45) is 11.3 Å². The average Bonchev–Trinajstić information content (AvgIpc) is 3.66. The smallest absolute Gasteiger partial charge is 0.407 e. The largest absolute Gasteiger partial charge is 0.477 e. The van der Waals surface area contributed by atoms with Crippen LogP contribution in [0.2, 0.25) is 5.15 Å². The van der Waals surface area contributed by atoms with Crippen LogP contribution in [0.25, 0.3) is 5.82 Å². The van der Waals surface area contributed by atoms with Crippen LogP contribution in [-0.2, 0) is 10.0 Å². The molecule has 54 heavy (non-hydrogen) atoms. The number of benzene rings is 1. The minimum Gasteiger partial charge on any atom is -0.477 e. The van der Waals surface area contributed by atoms with Crippen LogP contribution in [0.4, 0.5) is 23.8 Å². The molecule has 3 N–H and O–H groups in total. The lowest BCUT2D eigenvalue weighted by molar-refractivity contribution is -0.190. The lowest BCUT2D eigenvalue weighted by Gasteiger charge is -2.28. The number of anilines is 1. The summed E-state index contributed by atoms with van der Waals surface area (Å²) >= 11 is 6.29. The van der Waals surface area contributed by atoms with Crippen LogP contribution < -0.4 is 14.8 Å². The predicted octanol–water partition coefficient (Wildman–Crippen LogP) is 7.26. The summed E-state index contributed by atoms with van der Waals surface area (Å²) in [6.45, 7) is 4.08. The highest BCUT2D eigenvalue weighted by molar-refractivity contribution is 7.90. The predicted molar refractivity (Wildman–Crippen MR) is 192 cm³/mol. The molecule has 2 unspecified atom stereocenters. The lowest BCUT2D eigenvalue weighted by Crippen LogP contribution is -2.41. The minimum atomic E-state index is -4.49. The van der Waals surface area contributed by atoms with Gasteiger partial charge in [0.05, 0.1) is 23.6 Å². The number of carboxylic acid groups (broad SMARTS) is 1. The van der Waals surface area contributed by atoms with E-state index in [-0.39, 0.29) is 66.1 Å². The third-order valence-electron chi connectivity index (χ3n) is 9.97. The molecule has 0 spiro atoms. The summed E-state index contributed by atoms with van der Waals surface area (Å²) in [6, 6.07) is 17.7. The molecule has 1 saturated carbocycles. The molecule has 0 bridgehead atoms. The minimum absolute atomic E-state index is 0.0723. The van der Waals surface area contributed by atoms with E-state index in [1.165, 1.54) is 46.1 Å². The van der Waals surface area contributed by atoms with Crippen LogP contribution in [0, 0.1) is 11.3 Å². The molecular formula is C36H39ClF3N7O6S. The lowest BCUT2D eigenvalue weighted by atomic mass is 9.90. The zero-order chi connectivity index (χ0) is 38.9. The van der Waals surface area contributed by atoms with Gasteiger partial charge < -0.3 is 20.1 Å². The Balaban J connectivity index is 1.09. The molecular weight excluding hydrogens is 751 g/mol. The van der Waals surface area contributed by atoms with Gasteiger partial charge in [-0.3, -0.25) is 4.79 Å². The highest BCUT2D eigenvalue weighted by Crippen LogP contribution is 2.59. The number of carbonyl (C=O) groups excluding carboxylic acids is 1. The van der Waals surface area contributed by atoms with Crippen LogP contribution in [-0.4, -0.2) is 75.0 Å². The fourth-order valence-electron chi connectivity index (χ4n) is 6.79. The first-order valence-electron chi connectivity index (χ1n) is 17.2. The number of pyridine rings is 2. The van der Waals surface area contributed by atoms with E-state index in [0.29, 0.717) is 25.8 Å². The van der Waals surface area contributed by atoms with E-state index in [0.717, 1.165) is 5.56 Å². The number of nitrogens with one attached hydrogen (secondary N) is 2. The zero-order valence-corrected chi connectivity index (χ0v) is 31.0. The molecule has 1 aliphatic carbocycles. The van der Waals surface area contributed by atoms with Crippen molar-refractivity contribution in [2.45, 2.75) is 75.2 Å². The number of carbonyl (C=O) groups is 2. The van der Waals surface area contributed by atoms with Gasteiger partial charge in [-0.15, -0.1) is 5.10 Å². The Bertz CT molecular complexity index is 2110. The van der Waals surface area contributed by atoms with E-state index in [2.05, 4.69) is 20.4 Å². The molecule has 1 saturated heterocycles. The van der Waals surface area contributed by atoms with Gasteiger partial charge >= 0.3 is 12.3 Å². The number of hydrogen-bond acceptors (Lipinski definition) is 9. The normalized spacial score (nSPS) is 18.2. The number of hydrogen-bond donors (Lipinski definition) is 3. The van der Waals surface area contributed by atoms with E-state index in [9.17, 15) is 36.3 Å². The standard InChI is InChI=1S/C36H39ClF3N7O6S/c1-34(2)21-23(22-46(34)33(49)50)11-13-26(24-7-4-3-5-8-24)41-27-9-6-10-30(42-27)54(51,52)45-32(48)25-12-14-28(43-31(25)37)47-19-15-29(44-47)53-20-18-35(16-17-35)36(38,39)40/h3-10,12,14-15,19,23,26H,11,13,16-18,20-22H2,1-2H3,(H,41,42)(H,45,48)(H,49,50). The van der Waals surface area contributed by atoms with Gasteiger partial charge in [0, 0.05) is 24.3 Å². The first-order valence-corrected chi connectivity index (χ1v) is 19.1. The van der Waals surface area contributed by atoms with Crippen molar-refractivity contribution < 1.29 is 41.0 Å². The molecule has 18 heteroatoms. The van der Waals surface area contributed by atoms with E-state index < -0.39 is 44.2 Å². The third kappa shape index (κ3) is 8.73. The molecule has 1 aliphatic heterocycles.